The molecule has 22 aromatic rings. The van der Waals surface area contributed by atoms with Gasteiger partial charge in [0, 0.05) is 117 Å². The fraction of sp³-hybridized carbons (Fsp3) is 0. The molecule has 0 amide bonds. The Morgan fingerprint density at radius 1 is 0.196 bits per heavy atom. The van der Waals surface area contributed by atoms with Crippen LogP contribution in [0.5, 0.6) is 0 Å². The van der Waals surface area contributed by atoms with Gasteiger partial charge in [0.2, 0.25) is 11.9 Å². The van der Waals surface area contributed by atoms with E-state index in [0.29, 0.717) is 11.9 Å². The molecule has 102 heavy (non-hydrogen) atoms. The lowest BCUT2D eigenvalue weighted by Gasteiger charge is -2.13. The van der Waals surface area contributed by atoms with E-state index >= 15 is 0 Å². The molecule has 8 aromatic heterocycles. The van der Waals surface area contributed by atoms with Crippen LogP contribution < -0.4 is 0 Å². The number of rotatable bonds is 8. The van der Waals surface area contributed by atoms with Gasteiger partial charge in [-0.2, -0.15) is 0 Å². The van der Waals surface area contributed by atoms with Crippen LogP contribution in [0.1, 0.15) is 0 Å². The van der Waals surface area contributed by atoms with Crippen LogP contribution in [0.25, 0.3) is 196 Å². The van der Waals surface area contributed by atoms with E-state index in [4.69, 9.17) is 19.9 Å². The molecule has 10 heteroatoms. The SMILES string of the molecule is c1ccc(-c2cc(-c3ccc4sc5ccccc5c4c3)nc(-n3c4ccccc4c4cc5c(cc43)c3ccccc3n5-c3ccccc3)n2)cc1.c1ccc(-c2cc(-c3cccc4sc5ccccc5c34)nc(-n3c4ccccc4c4cc5c(cc43)c3ccccc3n5-c3ccccc3)n2)cc1. The molecule has 476 valence electrons. The third kappa shape index (κ3) is 9.20. The van der Waals surface area contributed by atoms with Gasteiger partial charge in [0.25, 0.3) is 0 Å². The maximum Gasteiger partial charge on any atom is 0.235 e. The minimum absolute atomic E-state index is 0.652. The van der Waals surface area contributed by atoms with Crippen LogP contribution in [0, 0.1) is 0 Å². The number of benzene rings is 14. The highest BCUT2D eigenvalue weighted by molar-refractivity contribution is 7.26. The standard InChI is InChI=1S/2C46H28N4S/c1-3-14-29(15-4-1)37-28-38(33-21-13-25-44-45(33)34-20-9-12-24-43(34)51-44)48-46(47-37)50-40-23-11-8-19-32(40)36-26-41-35(27-42(36)50)31-18-7-10-22-39(31)49(41)30-16-5-2-6-17-30;1-3-13-29(14-4-1)38-28-39(30-23-24-45-37(25-30)34-19-9-12-22-44(34)51-45)48-46(47-38)50-41-21-11-8-18-33(41)36-26-42-35(27-43(36)50)32-17-7-10-20-40(32)49(42)31-15-5-2-6-16-31/h2*1-28H. The predicted octanol–water partition coefficient (Wildman–Crippen LogP) is 24.7. The molecule has 0 unspecified atom stereocenters. The lowest BCUT2D eigenvalue weighted by Crippen LogP contribution is -2.04. The van der Waals surface area contributed by atoms with Crippen molar-refractivity contribution in [2.75, 3.05) is 0 Å². The van der Waals surface area contributed by atoms with Crippen molar-refractivity contribution >= 4 is 150 Å². The molecule has 0 spiro atoms. The second-order valence-corrected chi connectivity index (χ2v) is 28.2. The van der Waals surface area contributed by atoms with E-state index < -0.39 is 0 Å². The van der Waals surface area contributed by atoms with Crippen LogP contribution in [-0.2, 0) is 0 Å². The molecule has 8 nitrogen and oxygen atoms in total. The zero-order chi connectivity index (χ0) is 66.9. The summed E-state index contributed by atoms with van der Waals surface area (Å²) < 4.78 is 14.4. The number of para-hydroxylation sites is 6. The van der Waals surface area contributed by atoms with Gasteiger partial charge in [0.15, 0.2) is 0 Å². The van der Waals surface area contributed by atoms with Crippen LogP contribution in [0.2, 0.25) is 0 Å². The van der Waals surface area contributed by atoms with Crippen molar-refractivity contribution < 1.29 is 0 Å². The van der Waals surface area contributed by atoms with Crippen LogP contribution in [0.15, 0.2) is 340 Å². The Kier molecular flexibility index (Phi) is 13.2. The van der Waals surface area contributed by atoms with Gasteiger partial charge in [0.05, 0.1) is 66.9 Å². The minimum atomic E-state index is 0.652. The molecule has 0 radical (unpaired) electrons. The zero-order valence-corrected chi connectivity index (χ0v) is 56.4. The fourth-order valence-corrected chi connectivity index (χ4v) is 18.0. The quantitative estimate of drug-likeness (QED) is 0.152. The Labute approximate surface area is 592 Å². The van der Waals surface area contributed by atoms with E-state index in [-0.39, 0.29) is 0 Å². The molecule has 0 saturated carbocycles. The van der Waals surface area contributed by atoms with Gasteiger partial charge in [-0.25, -0.2) is 19.9 Å². The van der Waals surface area contributed by atoms with Gasteiger partial charge in [-0.1, -0.05) is 224 Å². The highest BCUT2D eigenvalue weighted by Gasteiger charge is 2.25. The van der Waals surface area contributed by atoms with Gasteiger partial charge < -0.3 is 9.13 Å². The Hall–Kier alpha value is -13.1. The van der Waals surface area contributed by atoms with E-state index in [0.717, 1.165) is 78.5 Å². The third-order valence-corrected chi connectivity index (χ3v) is 22.6. The van der Waals surface area contributed by atoms with Crippen molar-refractivity contribution in [3.63, 3.8) is 0 Å². The molecule has 0 saturated heterocycles. The molecular weight excluding hydrogens is 1280 g/mol. The van der Waals surface area contributed by atoms with Crippen LogP contribution >= 0.6 is 22.7 Å². The first-order valence-electron chi connectivity index (χ1n) is 34.3. The first kappa shape index (κ1) is 57.9. The molecule has 0 N–H and O–H groups in total. The highest BCUT2D eigenvalue weighted by Crippen LogP contribution is 2.45. The Bertz CT molecular complexity index is 7120. The lowest BCUT2D eigenvalue weighted by atomic mass is 10.0. The van der Waals surface area contributed by atoms with Crippen molar-refractivity contribution in [3.8, 4) is 68.3 Å². The van der Waals surface area contributed by atoms with E-state index in [1.807, 2.05) is 28.7 Å². The van der Waals surface area contributed by atoms with Crippen LogP contribution in [0.4, 0.5) is 0 Å². The number of thiophene rings is 2. The van der Waals surface area contributed by atoms with Gasteiger partial charge in [-0.3, -0.25) is 9.13 Å². The molecule has 0 bridgehead atoms. The van der Waals surface area contributed by atoms with Crippen LogP contribution in [0.3, 0.4) is 0 Å². The lowest BCUT2D eigenvalue weighted by molar-refractivity contribution is 0.996. The van der Waals surface area contributed by atoms with Crippen molar-refractivity contribution in [2.24, 2.45) is 0 Å². The van der Waals surface area contributed by atoms with Crippen molar-refractivity contribution in [1.82, 2.24) is 38.2 Å². The third-order valence-electron chi connectivity index (χ3n) is 20.3. The zero-order valence-electron chi connectivity index (χ0n) is 54.7. The maximum absolute atomic E-state index is 5.45. The maximum atomic E-state index is 5.45. The molecule has 0 aliphatic carbocycles. The summed E-state index contributed by atoms with van der Waals surface area (Å²) in [5, 5.41) is 14.5. The molecule has 0 fully saturated rings. The van der Waals surface area contributed by atoms with Gasteiger partial charge in [-0.15, -0.1) is 22.7 Å². The largest absolute Gasteiger partial charge is 0.309 e. The first-order chi connectivity index (χ1) is 50.6. The number of hydrogen-bond donors (Lipinski definition) is 0. The predicted molar refractivity (Wildman–Crippen MR) is 429 cm³/mol. The molecule has 22 rings (SSSR count). The highest BCUT2D eigenvalue weighted by atomic mass is 32.1. The average Bonchev–Trinajstić information content (AvgIpc) is 1.56. The Balaban J connectivity index is 0.000000133. The van der Waals surface area contributed by atoms with Crippen molar-refractivity contribution in [1.29, 1.82) is 0 Å². The molecule has 8 heterocycles. The van der Waals surface area contributed by atoms with Gasteiger partial charge in [0.1, 0.15) is 0 Å². The monoisotopic (exact) mass is 1340 g/mol. The van der Waals surface area contributed by atoms with Crippen LogP contribution in [-0.4, -0.2) is 38.2 Å². The Morgan fingerprint density at radius 3 is 1.03 bits per heavy atom. The molecular formula is C92H56N8S2. The summed E-state index contributed by atoms with van der Waals surface area (Å²) in [5.41, 5.74) is 19.2. The second kappa shape index (κ2) is 23.3. The minimum Gasteiger partial charge on any atom is -0.309 e. The molecule has 0 aliphatic rings. The summed E-state index contributed by atoms with van der Waals surface area (Å²) in [5.74, 6) is 1.30. The smallest absolute Gasteiger partial charge is 0.235 e. The average molecular weight is 1340 g/mol. The van der Waals surface area contributed by atoms with Gasteiger partial charge >= 0.3 is 0 Å². The number of nitrogens with zero attached hydrogens (tertiary/aromatic N) is 8. The van der Waals surface area contributed by atoms with E-state index in [1.165, 1.54) is 106 Å². The van der Waals surface area contributed by atoms with E-state index in [1.54, 1.807) is 0 Å². The normalized spacial score (nSPS) is 11.9. The summed E-state index contributed by atoms with van der Waals surface area (Å²) in [6.45, 7) is 0. The summed E-state index contributed by atoms with van der Waals surface area (Å²) in [6.07, 6.45) is 0. The fourth-order valence-electron chi connectivity index (χ4n) is 15.7. The second-order valence-electron chi connectivity index (χ2n) is 26.0. The van der Waals surface area contributed by atoms with Crippen molar-refractivity contribution in [2.45, 2.75) is 0 Å². The number of fused-ring (bicyclic) bond motifs is 18. The summed E-state index contributed by atoms with van der Waals surface area (Å²) in [6, 6.07) is 121. The summed E-state index contributed by atoms with van der Waals surface area (Å²) in [4.78, 5) is 21.5. The summed E-state index contributed by atoms with van der Waals surface area (Å²) >= 11 is 3.66. The molecule has 14 aromatic carbocycles. The Morgan fingerprint density at radius 2 is 0.539 bits per heavy atom. The molecule has 0 aliphatic heterocycles. The topological polar surface area (TPSA) is 71.3 Å². The number of aromatic nitrogens is 8. The van der Waals surface area contributed by atoms with Gasteiger partial charge in [-0.05, 0) is 115 Å². The molecule has 0 atom stereocenters. The van der Waals surface area contributed by atoms with E-state index in [2.05, 4.69) is 352 Å². The summed E-state index contributed by atoms with van der Waals surface area (Å²) in [7, 11) is 0. The van der Waals surface area contributed by atoms with E-state index in [9.17, 15) is 0 Å². The number of hydrogen-bond acceptors (Lipinski definition) is 6. The first-order valence-corrected chi connectivity index (χ1v) is 36.0. The van der Waals surface area contributed by atoms with Crippen molar-refractivity contribution in [3.05, 3.63) is 340 Å².